The Bertz CT molecular complexity index is 1630. The number of amides is 2. The predicted octanol–water partition coefficient (Wildman–Crippen LogP) is 8.43. The SMILES string of the molecule is CC(C)c1cnc2c(N(Cc3ccccc3OC(F)(F)F)C(=O)OC(C)(C)C)cc(SC3CCN(C(=O)OC(C)(C)C)CC3(F)F)nn12. The van der Waals surface area contributed by atoms with Gasteiger partial charge in [0.05, 0.1) is 35.9 Å². The Morgan fingerprint density at radius 2 is 1.71 bits per heavy atom. The maximum Gasteiger partial charge on any atom is 0.573 e. The Labute approximate surface area is 279 Å². The highest BCUT2D eigenvalue weighted by molar-refractivity contribution is 8.00. The third-order valence-corrected chi connectivity index (χ3v) is 8.23. The number of halogens is 5. The van der Waals surface area contributed by atoms with Crippen LogP contribution in [-0.4, -0.2) is 73.5 Å². The number of ether oxygens (including phenoxy) is 3. The first-order valence-electron chi connectivity index (χ1n) is 15.3. The Balaban J connectivity index is 1.78. The van der Waals surface area contributed by atoms with Crippen molar-refractivity contribution >= 4 is 35.3 Å². The van der Waals surface area contributed by atoms with Gasteiger partial charge in [0.2, 0.25) is 0 Å². The van der Waals surface area contributed by atoms with Crippen LogP contribution in [-0.2, 0) is 16.0 Å². The molecule has 0 aliphatic carbocycles. The summed E-state index contributed by atoms with van der Waals surface area (Å²) in [6, 6.07) is 6.74. The topological polar surface area (TPSA) is 98.5 Å². The largest absolute Gasteiger partial charge is 0.573 e. The standard InChI is InChI=1S/C32H40F5N5O5S/c1-19(2)22-16-38-26-21(41(28(44)47-30(6,7)8)17-20-11-9-10-12-23(20)45-32(35,36)37)15-25(39-42(22)26)48-24-13-14-40(18-31(24,33)34)27(43)46-29(3,4)5/h9-12,15-16,19,24H,13-14,17-18H2,1-8H3. The van der Waals surface area contributed by atoms with Crippen molar-refractivity contribution in [2.45, 2.75) is 108 Å². The number of piperidine rings is 1. The molecule has 2 amide bonds. The zero-order valence-corrected chi connectivity index (χ0v) is 28.8. The van der Waals surface area contributed by atoms with E-state index in [9.17, 15) is 22.8 Å². The zero-order chi connectivity index (χ0) is 35.8. The first-order chi connectivity index (χ1) is 22.0. The minimum absolute atomic E-state index is 0.00142. The quantitative estimate of drug-likeness (QED) is 0.227. The van der Waals surface area contributed by atoms with E-state index in [1.165, 1.54) is 35.0 Å². The van der Waals surface area contributed by atoms with Gasteiger partial charge < -0.3 is 19.1 Å². The number of alkyl halides is 5. The molecule has 3 heterocycles. The lowest BCUT2D eigenvalue weighted by Gasteiger charge is -2.38. The number of rotatable bonds is 7. The van der Waals surface area contributed by atoms with Crippen LogP contribution in [0.2, 0.25) is 0 Å². The van der Waals surface area contributed by atoms with Crippen molar-refractivity contribution in [2.24, 2.45) is 0 Å². The van der Waals surface area contributed by atoms with Gasteiger partial charge in [0.15, 0.2) is 5.65 Å². The normalized spacial score (nSPS) is 17.0. The molecular weight excluding hydrogens is 661 g/mol. The van der Waals surface area contributed by atoms with E-state index >= 15 is 8.78 Å². The molecule has 0 radical (unpaired) electrons. The minimum Gasteiger partial charge on any atom is -0.444 e. The number of hydrogen-bond donors (Lipinski definition) is 0. The molecule has 0 saturated carbocycles. The summed E-state index contributed by atoms with van der Waals surface area (Å²) < 4.78 is 87.7. The molecular formula is C32H40F5N5O5S. The van der Waals surface area contributed by atoms with Gasteiger partial charge in [0, 0.05) is 12.1 Å². The number of para-hydroxylation sites is 1. The number of thioether (sulfide) groups is 1. The molecule has 1 saturated heterocycles. The van der Waals surface area contributed by atoms with Crippen LogP contribution in [0.3, 0.4) is 0 Å². The first-order valence-corrected chi connectivity index (χ1v) is 16.2. The first kappa shape index (κ1) is 37.0. The molecule has 48 heavy (non-hydrogen) atoms. The molecule has 0 spiro atoms. The highest BCUT2D eigenvalue weighted by Gasteiger charge is 2.47. The predicted molar refractivity (Wildman–Crippen MR) is 170 cm³/mol. The fraction of sp³-hybridized carbons (Fsp3) is 0.562. The fourth-order valence-electron chi connectivity index (χ4n) is 4.88. The Morgan fingerprint density at radius 3 is 2.29 bits per heavy atom. The molecule has 264 valence electrons. The van der Waals surface area contributed by atoms with Gasteiger partial charge in [0.1, 0.15) is 22.0 Å². The van der Waals surface area contributed by atoms with Gasteiger partial charge in [-0.3, -0.25) is 4.90 Å². The highest BCUT2D eigenvalue weighted by atomic mass is 32.2. The number of hydrogen-bond acceptors (Lipinski definition) is 8. The van der Waals surface area contributed by atoms with Crippen molar-refractivity contribution in [1.29, 1.82) is 0 Å². The number of carbonyl (C=O) groups excluding carboxylic acids is 2. The van der Waals surface area contributed by atoms with Gasteiger partial charge in [-0.05, 0) is 66.0 Å². The smallest absolute Gasteiger partial charge is 0.444 e. The van der Waals surface area contributed by atoms with Crippen LogP contribution in [0.1, 0.15) is 79.0 Å². The Kier molecular flexibility index (Phi) is 10.5. The third kappa shape index (κ3) is 9.41. The van der Waals surface area contributed by atoms with Gasteiger partial charge in [-0.15, -0.1) is 13.2 Å². The van der Waals surface area contributed by atoms with Crippen molar-refractivity contribution in [3.05, 3.63) is 47.8 Å². The van der Waals surface area contributed by atoms with Crippen LogP contribution in [0.15, 0.2) is 41.6 Å². The number of likely N-dealkylation sites (tertiary alicyclic amines) is 1. The number of benzene rings is 1. The molecule has 1 aliphatic rings. The number of fused-ring (bicyclic) bond motifs is 1. The Hall–Kier alpha value is -3.82. The molecule has 2 aromatic heterocycles. The van der Waals surface area contributed by atoms with Crippen molar-refractivity contribution in [2.75, 3.05) is 18.0 Å². The van der Waals surface area contributed by atoms with Crippen molar-refractivity contribution in [3.63, 3.8) is 0 Å². The number of carbonyl (C=O) groups is 2. The summed E-state index contributed by atoms with van der Waals surface area (Å²) in [7, 11) is 0. The maximum atomic E-state index is 15.6. The number of nitrogens with zero attached hydrogens (tertiary/aromatic N) is 5. The second kappa shape index (κ2) is 13.6. The lowest BCUT2D eigenvalue weighted by molar-refractivity contribution is -0.274. The molecule has 16 heteroatoms. The molecule has 0 bridgehead atoms. The van der Waals surface area contributed by atoms with Gasteiger partial charge in [0.25, 0.3) is 5.92 Å². The second-order valence-electron chi connectivity index (χ2n) is 13.7. The molecule has 1 aromatic carbocycles. The van der Waals surface area contributed by atoms with Gasteiger partial charge in [-0.25, -0.2) is 27.9 Å². The van der Waals surface area contributed by atoms with Gasteiger partial charge >= 0.3 is 18.5 Å². The average Bonchev–Trinajstić information content (AvgIpc) is 3.35. The molecule has 3 aromatic rings. The van der Waals surface area contributed by atoms with Crippen LogP contribution >= 0.6 is 11.8 Å². The maximum absolute atomic E-state index is 15.6. The van der Waals surface area contributed by atoms with Gasteiger partial charge in [-0.2, -0.15) is 5.10 Å². The summed E-state index contributed by atoms with van der Waals surface area (Å²) in [6.45, 7) is 12.3. The molecule has 4 rings (SSSR count). The number of anilines is 1. The average molecular weight is 702 g/mol. The van der Waals surface area contributed by atoms with Gasteiger partial charge in [-0.1, -0.05) is 43.8 Å². The summed E-state index contributed by atoms with van der Waals surface area (Å²) in [5, 5.41) is 3.38. The monoisotopic (exact) mass is 701 g/mol. The van der Waals surface area contributed by atoms with E-state index < -0.39 is 59.8 Å². The zero-order valence-electron chi connectivity index (χ0n) is 28.0. The van der Waals surface area contributed by atoms with Crippen LogP contribution in [0.4, 0.5) is 37.2 Å². The molecule has 1 aliphatic heterocycles. The van der Waals surface area contributed by atoms with Crippen molar-refractivity contribution in [3.8, 4) is 5.75 Å². The number of aromatic nitrogens is 3. The summed E-state index contributed by atoms with van der Waals surface area (Å²) in [6.07, 6.45) is -5.31. The Morgan fingerprint density at radius 1 is 1.06 bits per heavy atom. The summed E-state index contributed by atoms with van der Waals surface area (Å²) in [5.74, 6) is -4.00. The lowest BCUT2D eigenvalue weighted by atomic mass is 10.1. The fourth-order valence-corrected chi connectivity index (χ4v) is 5.95. The number of imidazole rings is 1. The van der Waals surface area contributed by atoms with Crippen LogP contribution in [0, 0.1) is 0 Å². The highest BCUT2D eigenvalue weighted by Crippen LogP contribution is 2.41. The summed E-state index contributed by atoms with van der Waals surface area (Å²) in [5.41, 5.74) is -1.02. The van der Waals surface area contributed by atoms with E-state index in [0.717, 1.165) is 27.6 Å². The molecule has 1 fully saturated rings. The second-order valence-corrected chi connectivity index (χ2v) is 14.9. The summed E-state index contributed by atoms with van der Waals surface area (Å²) in [4.78, 5) is 32.8. The van der Waals surface area contributed by atoms with Crippen molar-refractivity contribution < 1.29 is 45.8 Å². The van der Waals surface area contributed by atoms with Crippen LogP contribution in [0.25, 0.3) is 5.65 Å². The molecule has 1 atom stereocenters. The lowest BCUT2D eigenvalue weighted by Crippen LogP contribution is -2.53. The molecule has 0 N–H and O–H groups in total. The van der Waals surface area contributed by atoms with E-state index in [1.54, 1.807) is 41.5 Å². The van der Waals surface area contributed by atoms with Crippen LogP contribution < -0.4 is 9.64 Å². The van der Waals surface area contributed by atoms with Crippen LogP contribution in [0.5, 0.6) is 5.75 Å². The van der Waals surface area contributed by atoms with E-state index in [4.69, 9.17) is 9.47 Å². The minimum atomic E-state index is -5.00. The summed E-state index contributed by atoms with van der Waals surface area (Å²) >= 11 is 0.770. The molecule has 1 unspecified atom stereocenters. The van der Waals surface area contributed by atoms with E-state index in [2.05, 4.69) is 14.8 Å². The third-order valence-electron chi connectivity index (χ3n) is 6.92. The van der Waals surface area contributed by atoms with E-state index in [0.29, 0.717) is 5.69 Å². The van der Waals surface area contributed by atoms with E-state index in [1.807, 2.05) is 13.8 Å². The van der Waals surface area contributed by atoms with Crippen molar-refractivity contribution in [1.82, 2.24) is 19.5 Å². The molecule has 10 nitrogen and oxygen atoms in total. The van der Waals surface area contributed by atoms with E-state index in [-0.39, 0.29) is 40.8 Å².